The highest BCUT2D eigenvalue weighted by atomic mass is 35.5. The summed E-state index contributed by atoms with van der Waals surface area (Å²) >= 11 is 7.25. The minimum atomic E-state index is -0.417. The summed E-state index contributed by atoms with van der Waals surface area (Å²) in [6, 6.07) is 13.1. The van der Waals surface area contributed by atoms with Crippen molar-refractivity contribution < 1.29 is 9.18 Å². The molecular formula is C19H17ClFN3OS. The molecule has 7 heteroatoms. The van der Waals surface area contributed by atoms with Gasteiger partial charge in [0.05, 0.1) is 5.75 Å². The summed E-state index contributed by atoms with van der Waals surface area (Å²) in [4.78, 5) is 12.3. The zero-order valence-electron chi connectivity index (χ0n) is 14.2. The molecule has 3 aromatic rings. The summed E-state index contributed by atoms with van der Waals surface area (Å²) in [5.74, 6) is 0.351. The first-order valence-electron chi connectivity index (χ1n) is 8.19. The van der Waals surface area contributed by atoms with E-state index in [0.717, 1.165) is 24.4 Å². The topological polar surface area (TPSA) is 47.8 Å². The van der Waals surface area contributed by atoms with Crippen LogP contribution in [-0.2, 0) is 6.54 Å². The lowest BCUT2D eigenvalue weighted by Gasteiger charge is -2.09. The van der Waals surface area contributed by atoms with E-state index in [-0.39, 0.29) is 11.5 Å². The molecule has 0 aliphatic heterocycles. The van der Waals surface area contributed by atoms with Gasteiger partial charge in [0.1, 0.15) is 5.82 Å². The van der Waals surface area contributed by atoms with Crippen LogP contribution in [0, 0.1) is 5.82 Å². The Hall–Kier alpha value is -2.18. The van der Waals surface area contributed by atoms with Crippen LogP contribution in [0.5, 0.6) is 0 Å². The molecule has 0 bridgehead atoms. The van der Waals surface area contributed by atoms with Crippen molar-refractivity contribution in [3.63, 3.8) is 0 Å². The van der Waals surface area contributed by atoms with Crippen LogP contribution in [0.3, 0.4) is 0 Å². The molecule has 0 saturated carbocycles. The lowest BCUT2D eigenvalue weighted by molar-refractivity contribution is 0.102. The number of benzene rings is 2. The highest BCUT2D eigenvalue weighted by Gasteiger charge is 2.16. The molecule has 0 saturated heterocycles. The van der Waals surface area contributed by atoms with Crippen LogP contribution in [0.1, 0.15) is 23.7 Å². The lowest BCUT2D eigenvalue weighted by atomic mass is 10.1. The Morgan fingerprint density at radius 2 is 1.96 bits per heavy atom. The molecule has 3 rings (SSSR count). The largest absolute Gasteiger partial charge is 0.302 e. The standard InChI is InChI=1S/C19H17ClFN3OS/c1-2-10-24-18(13-6-8-15(20)9-7-13)22-23-19(24)26-12-17(25)14-4-3-5-16(21)11-14/h3-9,11H,2,10,12H2,1H3. The van der Waals surface area contributed by atoms with Crippen molar-refractivity contribution >= 4 is 29.1 Å². The van der Waals surface area contributed by atoms with Crippen molar-refractivity contribution in [2.45, 2.75) is 25.0 Å². The molecular weight excluding hydrogens is 373 g/mol. The van der Waals surface area contributed by atoms with E-state index in [0.29, 0.717) is 15.7 Å². The molecule has 1 heterocycles. The zero-order valence-corrected chi connectivity index (χ0v) is 15.7. The van der Waals surface area contributed by atoms with Gasteiger partial charge in [0.2, 0.25) is 0 Å². The first-order chi connectivity index (χ1) is 12.6. The van der Waals surface area contributed by atoms with Gasteiger partial charge in [-0.2, -0.15) is 0 Å². The van der Waals surface area contributed by atoms with Crippen LogP contribution in [0.25, 0.3) is 11.4 Å². The van der Waals surface area contributed by atoms with Gasteiger partial charge < -0.3 is 4.57 Å². The number of aromatic nitrogens is 3. The van der Waals surface area contributed by atoms with E-state index in [1.807, 2.05) is 28.8 Å². The minimum absolute atomic E-state index is 0.145. The normalized spacial score (nSPS) is 10.9. The molecule has 0 atom stereocenters. The van der Waals surface area contributed by atoms with E-state index in [9.17, 15) is 9.18 Å². The van der Waals surface area contributed by atoms with Crippen LogP contribution in [0.15, 0.2) is 53.7 Å². The molecule has 0 aliphatic carbocycles. The first-order valence-corrected chi connectivity index (χ1v) is 9.55. The third-order valence-corrected chi connectivity index (χ3v) is 4.96. The fourth-order valence-corrected chi connectivity index (χ4v) is 3.49. The number of carbonyl (C=O) groups excluding carboxylic acids is 1. The Morgan fingerprint density at radius 1 is 1.19 bits per heavy atom. The number of halogens is 2. The van der Waals surface area contributed by atoms with Crippen molar-refractivity contribution in [1.29, 1.82) is 0 Å². The molecule has 134 valence electrons. The molecule has 26 heavy (non-hydrogen) atoms. The molecule has 0 N–H and O–H groups in total. The number of nitrogens with zero attached hydrogens (tertiary/aromatic N) is 3. The summed E-state index contributed by atoms with van der Waals surface area (Å²) in [6.45, 7) is 2.80. The fraction of sp³-hybridized carbons (Fsp3) is 0.211. The maximum absolute atomic E-state index is 13.3. The van der Waals surface area contributed by atoms with Gasteiger partial charge in [0.15, 0.2) is 16.8 Å². The van der Waals surface area contributed by atoms with Gasteiger partial charge in [-0.1, -0.05) is 42.4 Å². The van der Waals surface area contributed by atoms with Crippen LogP contribution in [-0.4, -0.2) is 26.3 Å². The molecule has 2 aromatic carbocycles. The Bertz CT molecular complexity index is 911. The summed E-state index contributed by atoms with van der Waals surface area (Å²) in [6.07, 6.45) is 0.907. The van der Waals surface area contributed by atoms with Gasteiger partial charge in [-0.15, -0.1) is 10.2 Å². The van der Waals surface area contributed by atoms with E-state index in [1.54, 1.807) is 6.07 Å². The molecule has 0 fully saturated rings. The molecule has 0 spiro atoms. The van der Waals surface area contributed by atoms with E-state index >= 15 is 0 Å². The SMILES string of the molecule is CCCn1c(SCC(=O)c2cccc(F)c2)nnc1-c1ccc(Cl)cc1. The van der Waals surface area contributed by atoms with Gasteiger partial charge in [-0.3, -0.25) is 4.79 Å². The average Bonchev–Trinajstić information content (AvgIpc) is 3.03. The second-order valence-electron chi connectivity index (χ2n) is 5.69. The first kappa shape index (κ1) is 18.6. The van der Waals surface area contributed by atoms with Crippen molar-refractivity contribution in [3.8, 4) is 11.4 Å². The predicted molar refractivity (Wildman–Crippen MR) is 102 cm³/mol. The quantitative estimate of drug-likeness (QED) is 0.415. The Kier molecular flexibility index (Phi) is 6.06. The zero-order chi connectivity index (χ0) is 18.5. The third kappa shape index (κ3) is 4.31. The van der Waals surface area contributed by atoms with E-state index in [1.165, 1.54) is 30.0 Å². The number of hydrogen-bond acceptors (Lipinski definition) is 4. The lowest BCUT2D eigenvalue weighted by Crippen LogP contribution is -2.06. The molecule has 4 nitrogen and oxygen atoms in total. The second-order valence-corrected chi connectivity index (χ2v) is 7.07. The Labute approximate surface area is 160 Å². The third-order valence-electron chi connectivity index (χ3n) is 3.75. The Morgan fingerprint density at radius 3 is 2.65 bits per heavy atom. The summed E-state index contributed by atoms with van der Waals surface area (Å²) in [7, 11) is 0. The number of hydrogen-bond donors (Lipinski definition) is 0. The van der Waals surface area contributed by atoms with Crippen molar-refractivity contribution in [2.75, 3.05) is 5.75 Å². The van der Waals surface area contributed by atoms with E-state index in [2.05, 4.69) is 17.1 Å². The molecule has 1 aromatic heterocycles. The van der Waals surface area contributed by atoms with Gasteiger partial charge in [-0.25, -0.2) is 4.39 Å². The molecule has 0 radical (unpaired) electrons. The number of thioether (sulfide) groups is 1. The average molecular weight is 390 g/mol. The number of rotatable bonds is 7. The minimum Gasteiger partial charge on any atom is -0.302 e. The summed E-state index contributed by atoms with van der Waals surface area (Å²) in [5, 5.41) is 9.84. The van der Waals surface area contributed by atoms with Crippen LogP contribution in [0.4, 0.5) is 4.39 Å². The van der Waals surface area contributed by atoms with Gasteiger partial charge in [0, 0.05) is 22.7 Å². The van der Waals surface area contributed by atoms with Crippen LogP contribution < -0.4 is 0 Å². The molecule has 0 unspecified atom stereocenters. The fourth-order valence-electron chi connectivity index (χ4n) is 2.51. The maximum atomic E-state index is 13.3. The number of ketones is 1. The second kappa shape index (κ2) is 8.47. The maximum Gasteiger partial charge on any atom is 0.191 e. The highest BCUT2D eigenvalue weighted by molar-refractivity contribution is 7.99. The van der Waals surface area contributed by atoms with Crippen molar-refractivity contribution in [2.24, 2.45) is 0 Å². The van der Waals surface area contributed by atoms with Gasteiger partial charge in [0.25, 0.3) is 0 Å². The van der Waals surface area contributed by atoms with Crippen LogP contribution in [0.2, 0.25) is 5.02 Å². The predicted octanol–water partition coefficient (Wildman–Crippen LogP) is 5.12. The summed E-state index contributed by atoms with van der Waals surface area (Å²) in [5.41, 5.74) is 1.27. The van der Waals surface area contributed by atoms with E-state index in [4.69, 9.17) is 11.6 Å². The number of carbonyl (C=O) groups is 1. The van der Waals surface area contributed by atoms with E-state index < -0.39 is 5.82 Å². The van der Waals surface area contributed by atoms with Crippen molar-refractivity contribution in [1.82, 2.24) is 14.8 Å². The van der Waals surface area contributed by atoms with Crippen molar-refractivity contribution in [3.05, 3.63) is 64.9 Å². The highest BCUT2D eigenvalue weighted by Crippen LogP contribution is 2.26. The number of Topliss-reactive ketones (excluding diaryl/α,β-unsaturated/α-hetero) is 1. The molecule has 0 aliphatic rings. The van der Waals surface area contributed by atoms with Gasteiger partial charge >= 0.3 is 0 Å². The Balaban J connectivity index is 1.79. The van der Waals surface area contributed by atoms with Gasteiger partial charge in [-0.05, 0) is 42.8 Å². The molecule has 0 amide bonds. The smallest absolute Gasteiger partial charge is 0.191 e. The van der Waals surface area contributed by atoms with Crippen LogP contribution >= 0.6 is 23.4 Å². The monoisotopic (exact) mass is 389 g/mol. The summed E-state index contributed by atoms with van der Waals surface area (Å²) < 4.78 is 15.3.